The van der Waals surface area contributed by atoms with Gasteiger partial charge in [0.05, 0.1) is 18.1 Å². The quantitative estimate of drug-likeness (QED) is 0.802. The second-order valence-electron chi connectivity index (χ2n) is 8.76. The second-order valence-corrected chi connectivity index (χ2v) is 8.76. The molecule has 3 aliphatic rings. The maximum Gasteiger partial charge on any atom is 0.132 e. The summed E-state index contributed by atoms with van der Waals surface area (Å²) in [6, 6.07) is 0.745. The highest BCUT2D eigenvalue weighted by Gasteiger charge is 2.55. The average molecular weight is 373 g/mol. The van der Waals surface area contributed by atoms with E-state index in [0.29, 0.717) is 23.0 Å². The van der Waals surface area contributed by atoms with Crippen LogP contribution < -0.4 is 4.90 Å². The van der Waals surface area contributed by atoms with E-state index in [2.05, 4.69) is 33.6 Å². The number of hydrogen-bond acceptors (Lipinski definition) is 5. The summed E-state index contributed by atoms with van der Waals surface area (Å²) in [6.45, 7) is 14.4. The molecule has 1 aromatic heterocycles. The first kappa shape index (κ1) is 20.2. The molecule has 1 aliphatic heterocycles. The van der Waals surface area contributed by atoms with Crippen molar-refractivity contribution < 1.29 is 4.79 Å². The zero-order chi connectivity index (χ0) is 19.6. The molecule has 2 aliphatic carbocycles. The lowest BCUT2D eigenvalue weighted by atomic mass is 9.49. The van der Waals surface area contributed by atoms with E-state index in [1.807, 2.05) is 26.2 Å². The number of piperazine rings is 1. The summed E-state index contributed by atoms with van der Waals surface area (Å²) in [5.74, 6) is 2.07. The molecule has 0 aromatic carbocycles. The molecule has 3 fully saturated rings. The minimum atomic E-state index is 0.367. The van der Waals surface area contributed by atoms with Crippen LogP contribution in [0.4, 0.5) is 5.69 Å². The molecule has 0 amide bonds. The van der Waals surface area contributed by atoms with Crippen LogP contribution in [-0.4, -0.2) is 52.9 Å². The Hall–Kier alpha value is -1.49. The van der Waals surface area contributed by atoms with Gasteiger partial charge in [0.1, 0.15) is 11.6 Å². The first-order valence-electron chi connectivity index (χ1n) is 10.8. The summed E-state index contributed by atoms with van der Waals surface area (Å²) in [4.78, 5) is 25.5. The minimum Gasteiger partial charge on any atom is -0.366 e. The predicted molar refractivity (Wildman–Crippen MR) is 110 cm³/mol. The Labute approximate surface area is 164 Å². The van der Waals surface area contributed by atoms with Crippen LogP contribution >= 0.6 is 0 Å². The number of aromatic nitrogens is 2. The minimum absolute atomic E-state index is 0.367. The van der Waals surface area contributed by atoms with Gasteiger partial charge in [0, 0.05) is 44.1 Å². The van der Waals surface area contributed by atoms with Crippen LogP contribution in [0.25, 0.3) is 0 Å². The number of ketones is 1. The first-order chi connectivity index (χ1) is 13.0. The molecule has 0 radical (unpaired) electrons. The molecule has 1 spiro atoms. The summed E-state index contributed by atoms with van der Waals surface area (Å²) in [5, 5.41) is 0. The van der Waals surface area contributed by atoms with Crippen molar-refractivity contribution in [3.63, 3.8) is 0 Å². The van der Waals surface area contributed by atoms with Crippen molar-refractivity contribution >= 4 is 11.5 Å². The largest absolute Gasteiger partial charge is 0.366 e. The molecule has 5 heteroatoms. The van der Waals surface area contributed by atoms with Crippen LogP contribution in [0.15, 0.2) is 12.4 Å². The van der Waals surface area contributed by atoms with E-state index in [0.717, 1.165) is 56.6 Å². The second kappa shape index (κ2) is 8.26. The van der Waals surface area contributed by atoms with Crippen LogP contribution in [-0.2, 0) is 4.79 Å². The molecule has 2 heterocycles. The summed E-state index contributed by atoms with van der Waals surface area (Å²) in [6.07, 6.45) is 8.88. The van der Waals surface area contributed by atoms with Crippen molar-refractivity contribution in [2.24, 2.45) is 11.3 Å². The van der Waals surface area contributed by atoms with Crippen molar-refractivity contribution in [3.05, 3.63) is 18.2 Å². The number of nitrogens with zero attached hydrogens (tertiary/aromatic N) is 4. The Kier molecular flexibility index (Phi) is 6.19. The summed E-state index contributed by atoms with van der Waals surface area (Å²) in [7, 11) is 0. The highest BCUT2D eigenvalue weighted by atomic mass is 16.1. The molecule has 150 valence electrons. The van der Waals surface area contributed by atoms with Crippen LogP contribution in [0.3, 0.4) is 0 Å². The zero-order valence-corrected chi connectivity index (χ0v) is 17.7. The number of carbonyl (C=O) groups excluding carboxylic acids is 1. The van der Waals surface area contributed by atoms with Crippen LogP contribution in [0.2, 0.25) is 0 Å². The molecule has 2 saturated carbocycles. The molecule has 0 unspecified atom stereocenters. The number of carbonyl (C=O) groups is 1. The fourth-order valence-electron chi connectivity index (χ4n) is 4.94. The summed E-state index contributed by atoms with van der Waals surface area (Å²) >= 11 is 0. The van der Waals surface area contributed by atoms with E-state index in [-0.39, 0.29) is 0 Å². The van der Waals surface area contributed by atoms with E-state index >= 15 is 0 Å². The monoisotopic (exact) mass is 372 g/mol. The number of rotatable bonds is 4. The molecule has 1 saturated heterocycles. The van der Waals surface area contributed by atoms with E-state index in [4.69, 9.17) is 0 Å². The molecule has 1 aromatic rings. The lowest BCUT2D eigenvalue weighted by molar-refractivity contribution is -0.139. The maximum absolute atomic E-state index is 11.4. The van der Waals surface area contributed by atoms with Crippen molar-refractivity contribution in [1.29, 1.82) is 0 Å². The van der Waals surface area contributed by atoms with Gasteiger partial charge >= 0.3 is 0 Å². The third-order valence-corrected chi connectivity index (χ3v) is 6.64. The van der Waals surface area contributed by atoms with Crippen molar-refractivity contribution in [2.75, 3.05) is 31.1 Å². The zero-order valence-electron chi connectivity index (χ0n) is 17.7. The number of hydrogen-bond donors (Lipinski definition) is 0. The SMILES string of the molecule is CC.CC(=O)C1CC2(C1)CC(N1CCN(c3cnc(C(C)C)nc3)CC1)C2. The maximum atomic E-state index is 11.4. The van der Waals surface area contributed by atoms with Gasteiger partial charge in [0.15, 0.2) is 0 Å². The van der Waals surface area contributed by atoms with Gasteiger partial charge in [0.2, 0.25) is 0 Å². The summed E-state index contributed by atoms with van der Waals surface area (Å²) in [5.41, 5.74) is 1.68. The van der Waals surface area contributed by atoms with Crippen molar-refractivity contribution in [2.45, 2.75) is 72.3 Å². The molecular formula is C22H36N4O. The van der Waals surface area contributed by atoms with E-state index in [1.54, 1.807) is 6.92 Å². The first-order valence-corrected chi connectivity index (χ1v) is 10.8. The molecule has 4 rings (SSSR count). The smallest absolute Gasteiger partial charge is 0.132 e. The number of anilines is 1. The number of Topliss-reactive ketones (excluding diaryl/α,β-unsaturated/α-hetero) is 1. The van der Waals surface area contributed by atoms with E-state index in [9.17, 15) is 4.79 Å². The Balaban J connectivity index is 0.00000102. The molecule has 0 atom stereocenters. The lowest BCUT2D eigenvalue weighted by Gasteiger charge is -2.60. The average Bonchev–Trinajstić information content (AvgIpc) is 2.61. The standard InChI is InChI=1S/C20H30N4O.C2H6/c1-14(2)19-21-12-18(13-22-19)24-6-4-23(5-7-24)17-10-20(11-17)8-16(9-20)15(3)25;1-2/h12-14,16-17H,4-11H2,1-3H3;1-2H3. The summed E-state index contributed by atoms with van der Waals surface area (Å²) < 4.78 is 0. The highest BCUT2D eigenvalue weighted by Crippen LogP contribution is 2.60. The van der Waals surface area contributed by atoms with E-state index < -0.39 is 0 Å². The molecular weight excluding hydrogens is 336 g/mol. The topological polar surface area (TPSA) is 49.3 Å². The van der Waals surface area contributed by atoms with Gasteiger partial charge in [-0.3, -0.25) is 9.69 Å². The Morgan fingerprint density at radius 2 is 1.59 bits per heavy atom. The third-order valence-electron chi connectivity index (χ3n) is 6.64. The van der Waals surface area contributed by atoms with Gasteiger partial charge < -0.3 is 4.90 Å². The van der Waals surface area contributed by atoms with Gasteiger partial charge in [-0.05, 0) is 38.0 Å². The normalized spacial score (nSPS) is 30.4. The van der Waals surface area contributed by atoms with Crippen molar-refractivity contribution in [3.8, 4) is 0 Å². The van der Waals surface area contributed by atoms with Crippen molar-refractivity contribution in [1.82, 2.24) is 14.9 Å². The van der Waals surface area contributed by atoms with Gasteiger partial charge in [-0.2, -0.15) is 0 Å². The Morgan fingerprint density at radius 3 is 2.07 bits per heavy atom. The fourth-order valence-corrected chi connectivity index (χ4v) is 4.94. The molecule has 27 heavy (non-hydrogen) atoms. The lowest BCUT2D eigenvalue weighted by Crippen LogP contribution is -2.60. The molecule has 0 N–H and O–H groups in total. The predicted octanol–water partition coefficient (Wildman–Crippen LogP) is 3.90. The fraction of sp³-hybridized carbons (Fsp3) is 0.773. The Bertz CT molecular complexity index is 620. The van der Waals surface area contributed by atoms with Crippen LogP contribution in [0.1, 0.15) is 72.0 Å². The van der Waals surface area contributed by atoms with E-state index in [1.165, 1.54) is 12.8 Å². The van der Waals surface area contributed by atoms with Crippen LogP contribution in [0, 0.1) is 11.3 Å². The van der Waals surface area contributed by atoms with Gasteiger partial charge in [0.25, 0.3) is 0 Å². The van der Waals surface area contributed by atoms with Gasteiger partial charge in [-0.1, -0.05) is 27.7 Å². The Morgan fingerprint density at radius 1 is 1.04 bits per heavy atom. The van der Waals surface area contributed by atoms with Gasteiger partial charge in [-0.15, -0.1) is 0 Å². The van der Waals surface area contributed by atoms with Crippen LogP contribution in [0.5, 0.6) is 0 Å². The molecule has 0 bridgehead atoms. The third kappa shape index (κ3) is 4.18. The highest BCUT2D eigenvalue weighted by molar-refractivity contribution is 5.79. The molecule has 5 nitrogen and oxygen atoms in total. The van der Waals surface area contributed by atoms with Gasteiger partial charge in [-0.25, -0.2) is 9.97 Å².